The molecule has 1 aromatic rings. The first-order chi connectivity index (χ1) is 7.09. The molecular weight excluding hydrogens is 211 g/mol. The molecule has 0 saturated heterocycles. The highest BCUT2D eigenvalue weighted by Gasteiger charge is 2.08. The van der Waals surface area contributed by atoms with Gasteiger partial charge in [-0.3, -0.25) is 0 Å². The van der Waals surface area contributed by atoms with Crippen LogP contribution in [0.5, 0.6) is 0 Å². The maximum Gasteiger partial charge on any atom is 0.123 e. The summed E-state index contributed by atoms with van der Waals surface area (Å²) in [6, 6.07) is 6.16. The molecule has 0 aromatic heterocycles. The molecule has 0 fully saturated rings. The minimum atomic E-state index is -0.565. The molecule has 84 valence electrons. The SMILES string of the molecule is CC(C)CSCC(O)c1cccc(F)c1. The van der Waals surface area contributed by atoms with Crippen LogP contribution >= 0.6 is 11.8 Å². The van der Waals surface area contributed by atoms with Crippen LogP contribution in [0.3, 0.4) is 0 Å². The summed E-state index contributed by atoms with van der Waals surface area (Å²) in [6.07, 6.45) is -0.565. The van der Waals surface area contributed by atoms with Crippen LogP contribution in [0.25, 0.3) is 0 Å². The number of rotatable bonds is 5. The molecular formula is C12H17FOS. The maximum absolute atomic E-state index is 12.9. The molecule has 1 rings (SSSR count). The average molecular weight is 228 g/mol. The predicted molar refractivity (Wildman–Crippen MR) is 63.5 cm³/mol. The molecule has 3 heteroatoms. The number of hydrogen-bond acceptors (Lipinski definition) is 2. The zero-order chi connectivity index (χ0) is 11.3. The van der Waals surface area contributed by atoms with Crippen molar-refractivity contribution in [2.75, 3.05) is 11.5 Å². The molecule has 0 saturated carbocycles. The summed E-state index contributed by atoms with van der Waals surface area (Å²) in [5.74, 6) is 1.98. The Kier molecular flexibility index (Phi) is 5.12. The van der Waals surface area contributed by atoms with Gasteiger partial charge in [-0.1, -0.05) is 26.0 Å². The number of benzene rings is 1. The van der Waals surface area contributed by atoms with E-state index in [1.54, 1.807) is 23.9 Å². The van der Waals surface area contributed by atoms with Gasteiger partial charge in [-0.2, -0.15) is 11.8 Å². The van der Waals surface area contributed by atoms with Crippen molar-refractivity contribution in [3.8, 4) is 0 Å². The number of halogens is 1. The first-order valence-corrected chi connectivity index (χ1v) is 6.26. The first-order valence-electron chi connectivity index (χ1n) is 5.11. The van der Waals surface area contributed by atoms with E-state index in [1.165, 1.54) is 12.1 Å². The standard InChI is InChI=1S/C12H17FOS/c1-9(2)7-15-8-12(14)10-4-3-5-11(13)6-10/h3-6,9,12,14H,7-8H2,1-2H3. The van der Waals surface area contributed by atoms with Gasteiger partial charge >= 0.3 is 0 Å². The molecule has 15 heavy (non-hydrogen) atoms. The van der Waals surface area contributed by atoms with E-state index in [1.807, 2.05) is 0 Å². The summed E-state index contributed by atoms with van der Waals surface area (Å²) in [4.78, 5) is 0. The van der Waals surface area contributed by atoms with Gasteiger partial charge in [-0.15, -0.1) is 0 Å². The van der Waals surface area contributed by atoms with Crippen LogP contribution in [0, 0.1) is 11.7 Å². The van der Waals surface area contributed by atoms with Gasteiger partial charge in [0.25, 0.3) is 0 Å². The van der Waals surface area contributed by atoms with Gasteiger partial charge in [0.1, 0.15) is 5.82 Å². The van der Waals surface area contributed by atoms with Crippen LogP contribution in [0.15, 0.2) is 24.3 Å². The minimum absolute atomic E-state index is 0.291. The summed E-state index contributed by atoms with van der Waals surface area (Å²) in [5, 5.41) is 9.77. The van der Waals surface area contributed by atoms with Crippen molar-refractivity contribution >= 4 is 11.8 Å². The topological polar surface area (TPSA) is 20.2 Å². The van der Waals surface area contributed by atoms with Gasteiger partial charge < -0.3 is 5.11 Å². The predicted octanol–water partition coefficient (Wildman–Crippen LogP) is 3.25. The third kappa shape index (κ3) is 4.67. The quantitative estimate of drug-likeness (QED) is 0.834. The number of aliphatic hydroxyl groups is 1. The molecule has 0 heterocycles. The molecule has 1 aromatic carbocycles. The van der Waals surface area contributed by atoms with Gasteiger partial charge in [-0.05, 0) is 29.4 Å². The highest BCUT2D eigenvalue weighted by molar-refractivity contribution is 7.99. The Morgan fingerprint density at radius 3 is 2.67 bits per heavy atom. The second-order valence-corrected chi connectivity index (χ2v) is 5.08. The lowest BCUT2D eigenvalue weighted by Gasteiger charge is -2.11. The number of aliphatic hydroxyl groups excluding tert-OH is 1. The third-order valence-electron chi connectivity index (χ3n) is 1.96. The van der Waals surface area contributed by atoms with Crippen LogP contribution in [0.1, 0.15) is 25.5 Å². The lowest BCUT2D eigenvalue weighted by Crippen LogP contribution is -2.03. The van der Waals surface area contributed by atoms with E-state index in [0.717, 1.165) is 5.75 Å². The lowest BCUT2D eigenvalue weighted by molar-refractivity contribution is 0.203. The van der Waals surface area contributed by atoms with Crippen molar-refractivity contribution in [1.82, 2.24) is 0 Å². The van der Waals surface area contributed by atoms with Crippen LogP contribution in [-0.2, 0) is 0 Å². The van der Waals surface area contributed by atoms with Gasteiger partial charge in [0.15, 0.2) is 0 Å². The summed E-state index contributed by atoms with van der Waals surface area (Å²) < 4.78 is 12.9. The van der Waals surface area contributed by atoms with E-state index in [9.17, 15) is 9.50 Å². The van der Waals surface area contributed by atoms with Crippen LogP contribution in [0.2, 0.25) is 0 Å². The monoisotopic (exact) mass is 228 g/mol. The zero-order valence-electron chi connectivity index (χ0n) is 9.11. The van der Waals surface area contributed by atoms with Crippen molar-refractivity contribution in [1.29, 1.82) is 0 Å². The van der Waals surface area contributed by atoms with E-state index in [2.05, 4.69) is 13.8 Å². The van der Waals surface area contributed by atoms with Crippen molar-refractivity contribution in [2.24, 2.45) is 5.92 Å². The fourth-order valence-electron chi connectivity index (χ4n) is 1.23. The molecule has 0 aliphatic rings. The Labute approximate surface area is 94.7 Å². The van der Waals surface area contributed by atoms with E-state index < -0.39 is 6.10 Å². The summed E-state index contributed by atoms with van der Waals surface area (Å²) in [6.45, 7) is 4.28. The van der Waals surface area contributed by atoms with Crippen LogP contribution < -0.4 is 0 Å². The Morgan fingerprint density at radius 2 is 2.07 bits per heavy atom. The zero-order valence-corrected chi connectivity index (χ0v) is 9.93. The number of hydrogen-bond donors (Lipinski definition) is 1. The highest BCUT2D eigenvalue weighted by atomic mass is 32.2. The Hall–Kier alpha value is -0.540. The summed E-state index contributed by atoms with van der Waals surface area (Å²) in [5.41, 5.74) is 0.659. The van der Waals surface area contributed by atoms with Gasteiger partial charge in [-0.25, -0.2) is 4.39 Å². The molecule has 0 radical (unpaired) electrons. The maximum atomic E-state index is 12.9. The Morgan fingerprint density at radius 1 is 1.33 bits per heavy atom. The van der Waals surface area contributed by atoms with Gasteiger partial charge in [0.2, 0.25) is 0 Å². The molecule has 1 unspecified atom stereocenters. The normalized spacial score (nSPS) is 13.1. The first kappa shape index (κ1) is 12.5. The molecule has 0 amide bonds. The summed E-state index contributed by atoms with van der Waals surface area (Å²) >= 11 is 1.70. The second-order valence-electron chi connectivity index (χ2n) is 4.00. The summed E-state index contributed by atoms with van der Waals surface area (Å²) in [7, 11) is 0. The minimum Gasteiger partial charge on any atom is -0.388 e. The number of thioether (sulfide) groups is 1. The smallest absolute Gasteiger partial charge is 0.123 e. The molecule has 0 spiro atoms. The van der Waals surface area contributed by atoms with E-state index >= 15 is 0 Å². The second kappa shape index (κ2) is 6.13. The van der Waals surface area contributed by atoms with E-state index in [4.69, 9.17) is 0 Å². The fraction of sp³-hybridized carbons (Fsp3) is 0.500. The molecule has 0 aliphatic carbocycles. The van der Waals surface area contributed by atoms with Crippen molar-refractivity contribution in [3.05, 3.63) is 35.6 Å². The van der Waals surface area contributed by atoms with E-state index in [0.29, 0.717) is 17.2 Å². The Balaban J connectivity index is 2.43. The molecule has 1 atom stereocenters. The van der Waals surface area contributed by atoms with Crippen molar-refractivity contribution in [3.63, 3.8) is 0 Å². The van der Waals surface area contributed by atoms with Crippen LogP contribution in [-0.4, -0.2) is 16.6 Å². The molecule has 1 nitrogen and oxygen atoms in total. The van der Waals surface area contributed by atoms with E-state index in [-0.39, 0.29) is 5.82 Å². The highest BCUT2D eigenvalue weighted by Crippen LogP contribution is 2.20. The lowest BCUT2D eigenvalue weighted by atomic mass is 10.1. The van der Waals surface area contributed by atoms with Crippen molar-refractivity contribution < 1.29 is 9.50 Å². The Bertz CT molecular complexity index is 301. The third-order valence-corrected chi connectivity index (χ3v) is 3.41. The van der Waals surface area contributed by atoms with Gasteiger partial charge in [0, 0.05) is 5.75 Å². The molecule has 0 aliphatic heterocycles. The molecule has 0 bridgehead atoms. The average Bonchev–Trinajstić information content (AvgIpc) is 2.17. The van der Waals surface area contributed by atoms with Gasteiger partial charge in [0.05, 0.1) is 6.10 Å². The largest absolute Gasteiger partial charge is 0.388 e. The van der Waals surface area contributed by atoms with Crippen LogP contribution in [0.4, 0.5) is 4.39 Å². The fourth-order valence-corrected chi connectivity index (χ4v) is 2.25. The molecule has 1 N–H and O–H groups in total. The van der Waals surface area contributed by atoms with Crippen molar-refractivity contribution in [2.45, 2.75) is 20.0 Å².